The quantitative estimate of drug-likeness (QED) is 0.454. The summed E-state index contributed by atoms with van der Waals surface area (Å²) in [5.74, 6) is -0.857. The van der Waals surface area contributed by atoms with Crippen LogP contribution in [0.15, 0.2) is 18.2 Å². The van der Waals surface area contributed by atoms with Crippen molar-refractivity contribution in [3.63, 3.8) is 0 Å². The predicted molar refractivity (Wildman–Crippen MR) is 97.3 cm³/mol. The Labute approximate surface area is 152 Å². The number of ether oxygens (including phenoxy) is 1. The number of nitrogens with one attached hydrogen (secondary N) is 1. The van der Waals surface area contributed by atoms with E-state index in [1.807, 2.05) is 18.7 Å². The predicted octanol–water partition coefficient (Wildman–Crippen LogP) is 2.51. The number of hydrogen-bond donors (Lipinski definition) is 1. The number of anilines is 1. The summed E-state index contributed by atoms with van der Waals surface area (Å²) in [4.78, 5) is 36.6. The molecule has 0 radical (unpaired) electrons. The van der Waals surface area contributed by atoms with E-state index < -0.39 is 23.4 Å². The average Bonchev–Trinajstić information content (AvgIpc) is 2.64. The zero-order chi connectivity index (χ0) is 19.1. The van der Waals surface area contributed by atoms with E-state index in [4.69, 9.17) is 4.74 Å². The van der Waals surface area contributed by atoms with Gasteiger partial charge in [-0.2, -0.15) is 0 Å². The molecule has 1 amide bonds. The van der Waals surface area contributed by atoms with Crippen molar-refractivity contribution in [3.8, 4) is 0 Å². The minimum Gasteiger partial charge on any atom is -0.452 e. The van der Waals surface area contributed by atoms with Crippen molar-refractivity contribution in [1.29, 1.82) is 0 Å². The van der Waals surface area contributed by atoms with Crippen molar-refractivity contribution in [2.75, 3.05) is 31.1 Å². The van der Waals surface area contributed by atoms with Gasteiger partial charge >= 0.3 is 5.97 Å². The number of piperidine rings is 1. The van der Waals surface area contributed by atoms with E-state index in [9.17, 15) is 19.7 Å². The van der Waals surface area contributed by atoms with Crippen molar-refractivity contribution >= 4 is 23.3 Å². The van der Waals surface area contributed by atoms with Crippen molar-refractivity contribution in [2.45, 2.75) is 33.1 Å². The van der Waals surface area contributed by atoms with Crippen molar-refractivity contribution < 1.29 is 19.2 Å². The summed E-state index contributed by atoms with van der Waals surface area (Å²) in [6.45, 7) is 5.52. The van der Waals surface area contributed by atoms with E-state index in [0.29, 0.717) is 18.2 Å². The van der Waals surface area contributed by atoms with E-state index in [1.54, 1.807) is 6.07 Å². The molecular formula is C18H25N3O5. The molecule has 1 heterocycles. The number of benzene rings is 1. The molecule has 1 aromatic carbocycles. The Morgan fingerprint density at radius 1 is 1.27 bits per heavy atom. The van der Waals surface area contributed by atoms with Crippen LogP contribution in [0.5, 0.6) is 0 Å². The molecule has 26 heavy (non-hydrogen) atoms. The normalized spacial score (nSPS) is 14.2. The molecule has 1 saturated heterocycles. The molecular weight excluding hydrogens is 338 g/mol. The van der Waals surface area contributed by atoms with Gasteiger partial charge in [0.2, 0.25) is 0 Å². The number of carbonyl (C=O) groups excluding carboxylic acids is 2. The second-order valence-corrected chi connectivity index (χ2v) is 6.78. The molecule has 1 aromatic rings. The lowest BCUT2D eigenvalue weighted by molar-refractivity contribution is -0.384. The Kier molecular flexibility index (Phi) is 6.94. The second-order valence-electron chi connectivity index (χ2n) is 6.78. The van der Waals surface area contributed by atoms with E-state index in [0.717, 1.165) is 32.4 Å². The Hall–Kier alpha value is -2.64. The fraction of sp³-hybridized carbons (Fsp3) is 0.556. The van der Waals surface area contributed by atoms with Gasteiger partial charge in [-0.1, -0.05) is 13.8 Å². The summed E-state index contributed by atoms with van der Waals surface area (Å²) < 4.78 is 4.96. The van der Waals surface area contributed by atoms with Crippen molar-refractivity contribution in [3.05, 3.63) is 33.9 Å². The highest BCUT2D eigenvalue weighted by Crippen LogP contribution is 2.31. The van der Waals surface area contributed by atoms with Gasteiger partial charge in [0.15, 0.2) is 6.61 Å². The molecule has 0 aliphatic carbocycles. The molecule has 8 heteroatoms. The maximum Gasteiger partial charge on any atom is 0.338 e. The first-order valence-electron chi connectivity index (χ1n) is 8.85. The molecule has 0 bridgehead atoms. The number of nitrogens with zero attached hydrogens (tertiary/aromatic N) is 2. The Morgan fingerprint density at radius 3 is 2.58 bits per heavy atom. The molecule has 8 nitrogen and oxygen atoms in total. The third-order valence-electron chi connectivity index (χ3n) is 4.15. The Bertz CT molecular complexity index is 669. The maximum atomic E-state index is 12.1. The van der Waals surface area contributed by atoms with Crippen LogP contribution in [-0.2, 0) is 9.53 Å². The van der Waals surface area contributed by atoms with Crippen LogP contribution in [0.1, 0.15) is 43.5 Å². The largest absolute Gasteiger partial charge is 0.452 e. The number of nitro groups is 1. The van der Waals surface area contributed by atoms with E-state index in [-0.39, 0.29) is 11.3 Å². The standard InChI is InChI=1S/C18H25N3O5/c1-13(2)11-19-17(22)12-26-18(23)14-6-7-15(16(10-14)21(24)25)20-8-4-3-5-9-20/h6-7,10,13H,3-5,8-9,11-12H2,1-2H3,(H,19,22). The number of esters is 1. The van der Waals surface area contributed by atoms with Gasteiger partial charge in [-0.25, -0.2) is 4.79 Å². The third kappa shape index (κ3) is 5.44. The van der Waals surface area contributed by atoms with Gasteiger partial charge in [0.05, 0.1) is 10.5 Å². The van der Waals surface area contributed by atoms with Crippen molar-refractivity contribution in [1.82, 2.24) is 5.32 Å². The van der Waals surface area contributed by atoms with Crippen LogP contribution in [0, 0.1) is 16.0 Å². The van der Waals surface area contributed by atoms with E-state index >= 15 is 0 Å². The number of hydrogen-bond acceptors (Lipinski definition) is 6. The molecule has 1 fully saturated rings. The minimum absolute atomic E-state index is 0.0640. The summed E-state index contributed by atoms with van der Waals surface area (Å²) in [6, 6.07) is 4.31. The highest BCUT2D eigenvalue weighted by Gasteiger charge is 2.23. The Balaban J connectivity index is 2.04. The highest BCUT2D eigenvalue weighted by atomic mass is 16.6. The van der Waals surface area contributed by atoms with Crippen LogP contribution in [0.3, 0.4) is 0 Å². The summed E-state index contributed by atoms with van der Waals surface area (Å²) >= 11 is 0. The number of rotatable bonds is 7. The summed E-state index contributed by atoms with van der Waals surface area (Å²) in [7, 11) is 0. The smallest absolute Gasteiger partial charge is 0.338 e. The first kappa shape index (κ1) is 19.7. The lowest BCUT2D eigenvalue weighted by atomic mass is 10.1. The second kappa shape index (κ2) is 9.17. The van der Waals surface area contributed by atoms with Gasteiger partial charge in [-0.05, 0) is 37.3 Å². The van der Waals surface area contributed by atoms with Crippen molar-refractivity contribution in [2.24, 2.45) is 5.92 Å². The van der Waals surface area contributed by atoms with E-state index in [1.165, 1.54) is 12.1 Å². The first-order valence-corrected chi connectivity index (χ1v) is 8.85. The highest BCUT2D eigenvalue weighted by molar-refractivity contribution is 5.93. The summed E-state index contributed by atoms with van der Waals surface area (Å²) in [6.07, 6.45) is 3.10. The van der Waals surface area contributed by atoms with Gasteiger partial charge in [0.25, 0.3) is 11.6 Å². The lowest BCUT2D eigenvalue weighted by Gasteiger charge is -2.28. The molecule has 1 N–H and O–H groups in total. The van der Waals surface area contributed by atoms with Crippen LogP contribution in [0.4, 0.5) is 11.4 Å². The van der Waals surface area contributed by atoms with Crippen LogP contribution in [0.25, 0.3) is 0 Å². The maximum absolute atomic E-state index is 12.1. The zero-order valence-corrected chi connectivity index (χ0v) is 15.2. The lowest BCUT2D eigenvalue weighted by Crippen LogP contribution is -2.31. The van der Waals surface area contributed by atoms with Crippen LogP contribution >= 0.6 is 0 Å². The molecule has 142 valence electrons. The SMILES string of the molecule is CC(C)CNC(=O)COC(=O)c1ccc(N2CCCCC2)c([N+](=O)[O-])c1. The molecule has 0 saturated carbocycles. The fourth-order valence-electron chi connectivity index (χ4n) is 2.78. The summed E-state index contributed by atoms with van der Waals surface area (Å²) in [5, 5.41) is 14.1. The number of amides is 1. The molecule has 0 unspecified atom stereocenters. The van der Waals surface area contributed by atoms with Gasteiger partial charge in [0, 0.05) is 25.7 Å². The van der Waals surface area contributed by atoms with Gasteiger partial charge in [-0.15, -0.1) is 0 Å². The van der Waals surface area contributed by atoms with Crippen LogP contribution < -0.4 is 10.2 Å². The molecule has 2 rings (SSSR count). The van der Waals surface area contributed by atoms with E-state index in [2.05, 4.69) is 5.32 Å². The van der Waals surface area contributed by atoms with Gasteiger partial charge in [0.1, 0.15) is 5.69 Å². The van der Waals surface area contributed by atoms with Gasteiger partial charge in [-0.3, -0.25) is 14.9 Å². The molecule has 1 aliphatic rings. The molecule has 0 spiro atoms. The molecule has 0 aromatic heterocycles. The monoisotopic (exact) mass is 363 g/mol. The topological polar surface area (TPSA) is 102 Å². The zero-order valence-electron chi connectivity index (χ0n) is 15.2. The summed E-state index contributed by atoms with van der Waals surface area (Å²) in [5.41, 5.74) is 0.459. The molecule has 0 atom stereocenters. The van der Waals surface area contributed by atoms with Gasteiger partial charge < -0.3 is 15.0 Å². The number of nitro benzene ring substituents is 1. The minimum atomic E-state index is -0.752. The fourth-order valence-corrected chi connectivity index (χ4v) is 2.78. The number of carbonyl (C=O) groups is 2. The average molecular weight is 363 g/mol. The van der Waals surface area contributed by atoms with Crippen LogP contribution in [0.2, 0.25) is 0 Å². The Morgan fingerprint density at radius 2 is 1.96 bits per heavy atom. The first-order chi connectivity index (χ1) is 12.4. The molecule has 1 aliphatic heterocycles. The third-order valence-corrected chi connectivity index (χ3v) is 4.15. The van der Waals surface area contributed by atoms with Crippen LogP contribution in [-0.4, -0.2) is 43.0 Å².